The van der Waals surface area contributed by atoms with Crippen molar-refractivity contribution >= 4 is 32.3 Å². The summed E-state index contributed by atoms with van der Waals surface area (Å²) in [4.78, 5) is 19.1. The van der Waals surface area contributed by atoms with Crippen LogP contribution in [-0.2, 0) is 14.6 Å². The zero-order chi connectivity index (χ0) is 21.9. The van der Waals surface area contributed by atoms with Gasteiger partial charge < -0.3 is 16.0 Å². The number of hydrogen-bond acceptors (Lipinski definition) is 7. The molecule has 0 spiro atoms. The lowest BCUT2D eigenvalue weighted by Gasteiger charge is -2.39. The minimum Gasteiger partial charge on any atom is -0.369 e. The summed E-state index contributed by atoms with van der Waals surface area (Å²) in [5, 5.41) is 13.3. The van der Waals surface area contributed by atoms with Crippen LogP contribution in [0.25, 0.3) is 10.9 Å². The third-order valence-electron chi connectivity index (χ3n) is 5.35. The molecule has 0 radical (unpaired) electrons. The molecule has 1 aliphatic rings. The van der Waals surface area contributed by atoms with Crippen LogP contribution in [0.4, 0.5) is 5.69 Å². The number of nitriles is 1. The van der Waals surface area contributed by atoms with E-state index in [0.717, 1.165) is 30.3 Å². The minimum atomic E-state index is -3.16. The molecule has 30 heavy (non-hydrogen) atoms. The highest BCUT2D eigenvalue weighted by Crippen LogP contribution is 2.31. The second kappa shape index (κ2) is 8.98. The summed E-state index contributed by atoms with van der Waals surface area (Å²) in [6, 6.07) is 8.73. The number of amides is 1. The lowest BCUT2D eigenvalue weighted by Crippen LogP contribution is -2.54. The third-order valence-corrected chi connectivity index (χ3v) is 6.33. The zero-order valence-electron chi connectivity index (χ0n) is 17.2. The highest BCUT2D eigenvalue weighted by atomic mass is 32.2. The SMILES string of the molecule is C[C@H]1C[C@@H](NC(=O)[C@@H](N)CCS(C)(=O)=O)CN(c2ccc(C#N)c3ncccc23)C1. The molecule has 3 atom stereocenters. The Balaban J connectivity index is 1.76. The van der Waals surface area contributed by atoms with E-state index in [-0.39, 0.29) is 24.1 Å². The molecule has 1 fully saturated rings. The van der Waals surface area contributed by atoms with Crippen molar-refractivity contribution in [1.29, 1.82) is 5.26 Å². The number of rotatable bonds is 6. The van der Waals surface area contributed by atoms with Crippen LogP contribution in [0.5, 0.6) is 0 Å². The smallest absolute Gasteiger partial charge is 0.237 e. The Labute approximate surface area is 177 Å². The maximum Gasteiger partial charge on any atom is 0.237 e. The van der Waals surface area contributed by atoms with Gasteiger partial charge in [-0.15, -0.1) is 0 Å². The highest BCUT2D eigenvalue weighted by molar-refractivity contribution is 7.90. The fraction of sp³-hybridized carbons (Fsp3) is 0.476. The Kier molecular flexibility index (Phi) is 6.58. The van der Waals surface area contributed by atoms with Gasteiger partial charge in [-0.3, -0.25) is 9.78 Å². The van der Waals surface area contributed by atoms with Crippen molar-refractivity contribution in [1.82, 2.24) is 10.3 Å². The van der Waals surface area contributed by atoms with Crippen molar-refractivity contribution in [2.45, 2.75) is 31.8 Å². The quantitative estimate of drug-likeness (QED) is 0.706. The molecule has 3 rings (SSSR count). The molecule has 1 amide bonds. The fourth-order valence-corrected chi connectivity index (χ4v) is 4.64. The molecule has 9 heteroatoms. The van der Waals surface area contributed by atoms with Crippen LogP contribution in [0, 0.1) is 17.2 Å². The summed E-state index contributed by atoms with van der Waals surface area (Å²) in [5.74, 6) is -0.110. The molecule has 0 bridgehead atoms. The molecule has 0 unspecified atom stereocenters. The van der Waals surface area contributed by atoms with Gasteiger partial charge in [0, 0.05) is 42.7 Å². The Hall–Kier alpha value is -2.70. The van der Waals surface area contributed by atoms with Gasteiger partial charge in [0.25, 0.3) is 0 Å². The van der Waals surface area contributed by atoms with Gasteiger partial charge in [-0.05, 0) is 43.0 Å². The number of nitrogens with one attached hydrogen (secondary N) is 1. The van der Waals surface area contributed by atoms with E-state index in [9.17, 15) is 18.5 Å². The predicted molar refractivity (Wildman–Crippen MR) is 117 cm³/mol. The van der Waals surface area contributed by atoms with Crippen molar-refractivity contribution in [2.75, 3.05) is 30.0 Å². The number of carbonyl (C=O) groups excluding carboxylic acids is 1. The number of aromatic nitrogens is 1. The predicted octanol–water partition coefficient (Wildman–Crippen LogP) is 1.20. The van der Waals surface area contributed by atoms with E-state index in [2.05, 4.69) is 28.2 Å². The molecule has 1 aromatic carbocycles. The summed E-state index contributed by atoms with van der Waals surface area (Å²) in [6.07, 6.45) is 3.72. The van der Waals surface area contributed by atoms with E-state index in [1.54, 1.807) is 12.3 Å². The Morgan fingerprint density at radius 3 is 2.87 bits per heavy atom. The molecule has 2 aromatic rings. The molecular formula is C21H27N5O3S. The first-order valence-electron chi connectivity index (χ1n) is 9.94. The van der Waals surface area contributed by atoms with Crippen LogP contribution in [-0.4, -0.2) is 56.5 Å². The molecule has 8 nitrogen and oxygen atoms in total. The van der Waals surface area contributed by atoms with E-state index in [1.807, 2.05) is 18.2 Å². The lowest BCUT2D eigenvalue weighted by atomic mass is 9.94. The number of hydrogen-bond donors (Lipinski definition) is 2. The fourth-order valence-electron chi connectivity index (χ4n) is 3.96. The third kappa shape index (κ3) is 5.26. The maximum absolute atomic E-state index is 12.5. The molecule has 3 N–H and O–H groups in total. The maximum atomic E-state index is 12.5. The van der Waals surface area contributed by atoms with E-state index in [4.69, 9.17) is 5.73 Å². The minimum absolute atomic E-state index is 0.0998. The number of nitrogens with two attached hydrogens (primary N) is 1. The Bertz CT molecular complexity index is 1080. The van der Waals surface area contributed by atoms with Crippen LogP contribution < -0.4 is 16.0 Å². The number of nitrogens with zero attached hydrogens (tertiary/aromatic N) is 3. The van der Waals surface area contributed by atoms with E-state index in [1.165, 1.54) is 0 Å². The molecule has 0 saturated carbocycles. The standard InChI is InChI=1S/C21H27N5O3S/c1-14-10-16(25-21(27)18(23)7-9-30(2,28)29)13-26(12-14)19-6-5-15(11-22)20-17(19)4-3-8-24-20/h3-6,8,14,16,18H,7,9-10,12-13,23H2,1-2H3,(H,25,27)/t14-,16+,18-/m0/s1. The monoisotopic (exact) mass is 429 g/mol. The van der Waals surface area contributed by atoms with Crippen LogP contribution in [0.3, 0.4) is 0 Å². The van der Waals surface area contributed by atoms with Gasteiger partial charge in [-0.2, -0.15) is 5.26 Å². The van der Waals surface area contributed by atoms with Gasteiger partial charge in [0.15, 0.2) is 0 Å². The highest BCUT2D eigenvalue weighted by Gasteiger charge is 2.28. The van der Waals surface area contributed by atoms with E-state index in [0.29, 0.717) is 23.5 Å². The molecule has 1 aromatic heterocycles. The molecule has 160 valence electrons. The first kappa shape index (κ1) is 22.0. The molecular weight excluding hydrogens is 402 g/mol. The Morgan fingerprint density at radius 1 is 1.40 bits per heavy atom. The normalized spacial score (nSPS) is 20.5. The van der Waals surface area contributed by atoms with Gasteiger partial charge >= 0.3 is 0 Å². The number of carbonyl (C=O) groups is 1. The van der Waals surface area contributed by atoms with E-state index < -0.39 is 15.9 Å². The number of pyridine rings is 1. The van der Waals surface area contributed by atoms with Crippen molar-refractivity contribution in [3.05, 3.63) is 36.0 Å². The largest absolute Gasteiger partial charge is 0.369 e. The number of fused-ring (bicyclic) bond motifs is 1. The van der Waals surface area contributed by atoms with Crippen molar-refractivity contribution in [3.63, 3.8) is 0 Å². The Morgan fingerprint density at radius 2 is 2.17 bits per heavy atom. The lowest BCUT2D eigenvalue weighted by molar-refractivity contribution is -0.123. The number of benzene rings is 1. The first-order chi connectivity index (χ1) is 14.2. The number of sulfone groups is 1. The molecule has 0 aliphatic carbocycles. The second-order valence-corrected chi connectivity index (χ2v) is 10.4. The van der Waals surface area contributed by atoms with E-state index >= 15 is 0 Å². The summed E-state index contributed by atoms with van der Waals surface area (Å²) in [7, 11) is -3.16. The summed E-state index contributed by atoms with van der Waals surface area (Å²) in [6.45, 7) is 3.55. The first-order valence-corrected chi connectivity index (χ1v) is 12.0. The zero-order valence-corrected chi connectivity index (χ0v) is 18.0. The van der Waals surface area contributed by atoms with Gasteiger partial charge in [-0.1, -0.05) is 6.92 Å². The van der Waals surface area contributed by atoms with Crippen LogP contribution in [0.1, 0.15) is 25.3 Å². The average Bonchev–Trinajstić information content (AvgIpc) is 2.70. The van der Waals surface area contributed by atoms with Crippen LogP contribution in [0.15, 0.2) is 30.5 Å². The van der Waals surface area contributed by atoms with Gasteiger partial charge in [0.1, 0.15) is 15.9 Å². The number of piperidine rings is 1. The van der Waals surface area contributed by atoms with Crippen LogP contribution in [0.2, 0.25) is 0 Å². The molecule has 2 heterocycles. The van der Waals surface area contributed by atoms with Gasteiger partial charge in [0.05, 0.1) is 22.9 Å². The van der Waals surface area contributed by atoms with Gasteiger partial charge in [0.2, 0.25) is 5.91 Å². The van der Waals surface area contributed by atoms with Crippen molar-refractivity contribution < 1.29 is 13.2 Å². The average molecular weight is 430 g/mol. The van der Waals surface area contributed by atoms with Crippen LogP contribution >= 0.6 is 0 Å². The van der Waals surface area contributed by atoms with Gasteiger partial charge in [-0.25, -0.2) is 8.42 Å². The summed E-state index contributed by atoms with van der Waals surface area (Å²) < 4.78 is 22.6. The second-order valence-electron chi connectivity index (χ2n) is 8.12. The molecule has 1 aliphatic heterocycles. The number of anilines is 1. The summed E-state index contributed by atoms with van der Waals surface area (Å²) in [5.41, 5.74) is 8.07. The topological polar surface area (TPSA) is 129 Å². The molecule has 1 saturated heterocycles. The summed E-state index contributed by atoms with van der Waals surface area (Å²) >= 11 is 0. The van der Waals surface area contributed by atoms with Crippen molar-refractivity contribution in [3.8, 4) is 6.07 Å². The van der Waals surface area contributed by atoms with Crippen molar-refractivity contribution in [2.24, 2.45) is 11.7 Å².